The molecule has 5 N–H and O–H groups in total. The van der Waals surface area contributed by atoms with Gasteiger partial charge in [-0.1, -0.05) is 36.4 Å². The first-order valence-electron chi connectivity index (χ1n) is 13.0. The summed E-state index contributed by atoms with van der Waals surface area (Å²) >= 11 is 0. The van der Waals surface area contributed by atoms with E-state index >= 15 is 0 Å². The zero-order chi connectivity index (χ0) is 29.4. The molecule has 2 fully saturated rings. The molecule has 2 aliphatic rings. The zero-order valence-corrected chi connectivity index (χ0v) is 21.8. The summed E-state index contributed by atoms with van der Waals surface area (Å²) in [5.41, 5.74) is 6.68. The number of benzene rings is 2. The van der Waals surface area contributed by atoms with Crippen molar-refractivity contribution in [3.63, 3.8) is 0 Å². The summed E-state index contributed by atoms with van der Waals surface area (Å²) in [6.45, 7) is 1.64. The van der Waals surface area contributed by atoms with Gasteiger partial charge in [0.1, 0.15) is 11.9 Å². The van der Waals surface area contributed by atoms with Crippen molar-refractivity contribution in [2.75, 3.05) is 30.3 Å². The van der Waals surface area contributed by atoms with E-state index in [2.05, 4.69) is 15.3 Å². The molecule has 1 aromatic heterocycles. The number of aromatic carboxylic acids is 1. The van der Waals surface area contributed by atoms with Crippen molar-refractivity contribution in [1.29, 1.82) is 0 Å². The van der Waals surface area contributed by atoms with Gasteiger partial charge in [-0.25, -0.2) is 4.79 Å². The van der Waals surface area contributed by atoms with Gasteiger partial charge in [-0.05, 0) is 47.9 Å². The van der Waals surface area contributed by atoms with Crippen LogP contribution < -0.4 is 20.7 Å². The van der Waals surface area contributed by atoms with E-state index in [0.717, 1.165) is 0 Å². The van der Waals surface area contributed by atoms with Gasteiger partial charge in [-0.2, -0.15) is 23.1 Å². The number of carboxylic acid groups (broad SMARTS) is 2. The second kappa shape index (κ2) is 10.9. The number of aromatic nitrogens is 2. The van der Waals surface area contributed by atoms with Crippen molar-refractivity contribution in [3.05, 3.63) is 65.7 Å². The molecular formula is C28H28F3N5O5. The maximum atomic E-state index is 14.1. The first kappa shape index (κ1) is 28.1. The quantitative estimate of drug-likeness (QED) is 0.326. The Morgan fingerprint density at radius 3 is 2.37 bits per heavy atom. The molecule has 3 aromatic rings. The highest BCUT2D eigenvalue weighted by Crippen LogP contribution is 2.41. The first-order valence-corrected chi connectivity index (χ1v) is 13.0. The number of anilines is 2. The van der Waals surface area contributed by atoms with Crippen molar-refractivity contribution in [1.82, 2.24) is 15.3 Å². The van der Waals surface area contributed by atoms with Crippen molar-refractivity contribution in [2.24, 2.45) is 5.41 Å². The molecular weight excluding hydrogens is 543 g/mol. The minimum atomic E-state index is -4.78. The van der Waals surface area contributed by atoms with Crippen LogP contribution in [0.5, 0.6) is 5.88 Å². The highest BCUT2D eigenvalue weighted by Gasteiger charge is 2.45. The topological polar surface area (TPSA) is 151 Å². The number of piperidine rings is 1. The highest BCUT2D eigenvalue weighted by atomic mass is 19.4. The van der Waals surface area contributed by atoms with Crippen LogP contribution >= 0.6 is 0 Å². The van der Waals surface area contributed by atoms with E-state index in [-0.39, 0.29) is 28.4 Å². The highest BCUT2D eigenvalue weighted by molar-refractivity contribution is 5.89. The molecule has 1 spiro atoms. The van der Waals surface area contributed by atoms with E-state index in [9.17, 15) is 33.0 Å². The number of aliphatic carboxylic acids is 1. The Bertz CT molecular complexity index is 1440. The molecule has 0 saturated carbocycles. The Kier molecular flexibility index (Phi) is 7.47. The van der Waals surface area contributed by atoms with Crippen LogP contribution in [0.1, 0.15) is 41.3 Å². The second-order valence-corrected chi connectivity index (χ2v) is 10.4. The van der Waals surface area contributed by atoms with E-state index in [1.807, 2.05) is 4.90 Å². The van der Waals surface area contributed by atoms with E-state index in [1.165, 1.54) is 42.5 Å². The zero-order valence-electron chi connectivity index (χ0n) is 21.8. The van der Waals surface area contributed by atoms with Gasteiger partial charge in [-0.3, -0.25) is 4.79 Å². The van der Waals surface area contributed by atoms with Gasteiger partial charge in [0.05, 0.1) is 5.56 Å². The Morgan fingerprint density at radius 1 is 1.05 bits per heavy atom. The Hall–Kier alpha value is -4.39. The molecule has 0 radical (unpaired) electrons. The molecule has 1 unspecified atom stereocenters. The van der Waals surface area contributed by atoms with Crippen LogP contribution in [0.2, 0.25) is 0 Å². The number of nitrogens with zero attached hydrogens (tertiary/aromatic N) is 3. The average Bonchev–Trinajstić information content (AvgIpc) is 3.35. The third-order valence-electron chi connectivity index (χ3n) is 7.71. The first-order chi connectivity index (χ1) is 19.4. The maximum absolute atomic E-state index is 14.1. The maximum Gasteiger partial charge on any atom is 0.429 e. The van der Waals surface area contributed by atoms with Gasteiger partial charge in [0.15, 0.2) is 0 Å². The van der Waals surface area contributed by atoms with Gasteiger partial charge in [0, 0.05) is 31.3 Å². The van der Waals surface area contributed by atoms with Crippen molar-refractivity contribution in [3.8, 4) is 17.0 Å². The number of alkyl halides is 3. The number of nitrogen functional groups attached to an aromatic ring is 1. The summed E-state index contributed by atoms with van der Waals surface area (Å²) < 4.78 is 47.8. The van der Waals surface area contributed by atoms with Crippen molar-refractivity contribution < 1.29 is 37.7 Å². The molecule has 10 nitrogen and oxygen atoms in total. The minimum Gasteiger partial charge on any atom is -0.480 e. The number of nitrogens with two attached hydrogens (primary N) is 1. The molecule has 2 aliphatic heterocycles. The van der Waals surface area contributed by atoms with Crippen LogP contribution in [0.25, 0.3) is 11.1 Å². The molecule has 13 heteroatoms. The summed E-state index contributed by atoms with van der Waals surface area (Å²) in [6, 6.07) is 12.3. The lowest BCUT2D eigenvalue weighted by atomic mass is 9.76. The predicted molar refractivity (Wildman–Crippen MR) is 143 cm³/mol. The summed E-state index contributed by atoms with van der Waals surface area (Å²) in [6.07, 6.45) is -5.22. The van der Waals surface area contributed by atoms with Gasteiger partial charge in [0.2, 0.25) is 17.9 Å². The summed E-state index contributed by atoms with van der Waals surface area (Å²) in [4.78, 5) is 32.6. The fourth-order valence-electron chi connectivity index (χ4n) is 5.46. The van der Waals surface area contributed by atoms with E-state index in [1.54, 1.807) is 12.1 Å². The van der Waals surface area contributed by atoms with Gasteiger partial charge in [-0.15, -0.1) is 0 Å². The van der Waals surface area contributed by atoms with Crippen LogP contribution in [0.3, 0.4) is 0 Å². The third-order valence-corrected chi connectivity index (χ3v) is 7.71. The molecule has 216 valence electrons. The second-order valence-electron chi connectivity index (χ2n) is 10.4. The van der Waals surface area contributed by atoms with Gasteiger partial charge in [0.25, 0.3) is 0 Å². The largest absolute Gasteiger partial charge is 0.480 e. The Balaban J connectivity index is 1.33. The van der Waals surface area contributed by atoms with Gasteiger partial charge >= 0.3 is 18.1 Å². The number of hydrogen-bond acceptors (Lipinski definition) is 8. The normalized spacial score (nSPS) is 19.2. The lowest BCUT2D eigenvalue weighted by Crippen LogP contribution is -2.41. The molecule has 0 bridgehead atoms. The monoisotopic (exact) mass is 571 g/mol. The lowest BCUT2D eigenvalue weighted by molar-refractivity contribution is -0.198. The van der Waals surface area contributed by atoms with Crippen LogP contribution in [-0.2, 0) is 4.79 Å². The van der Waals surface area contributed by atoms with Crippen LogP contribution in [0, 0.1) is 5.41 Å². The predicted octanol–water partition coefficient (Wildman–Crippen LogP) is 4.14. The Morgan fingerprint density at radius 2 is 1.76 bits per heavy atom. The van der Waals surface area contributed by atoms with Crippen molar-refractivity contribution in [2.45, 2.75) is 37.6 Å². The standard InChI is InChI=1S/C28H28F3N5O5/c29-28(30,31)23(17-6-4-16(5-7-17)18-2-1-3-19(12-18)24(37)38)41-22-13-21(34-26(32)35-22)36-10-8-27(9-11-36)14-20(25(39)40)33-15-27/h1-7,12-13,20,23,33H,8-11,14-15H2,(H,37,38)(H,39,40)(H2,32,34,35)/t20?,23-/m1/s1. The van der Waals surface area contributed by atoms with Crippen molar-refractivity contribution >= 4 is 23.7 Å². The number of rotatable bonds is 7. The molecule has 0 amide bonds. The summed E-state index contributed by atoms with van der Waals surface area (Å²) in [5.74, 6) is -2.22. The van der Waals surface area contributed by atoms with Crippen LogP contribution in [-0.4, -0.2) is 64.0 Å². The lowest BCUT2D eigenvalue weighted by Gasteiger charge is -2.39. The number of nitrogens with one attached hydrogen (secondary N) is 1. The van der Waals surface area contributed by atoms with Crippen LogP contribution in [0.4, 0.5) is 24.9 Å². The van der Waals surface area contributed by atoms with E-state index in [4.69, 9.17) is 10.5 Å². The molecule has 2 atom stereocenters. The molecule has 2 aromatic carbocycles. The number of carboxylic acids is 2. The number of carbonyl (C=O) groups is 2. The molecule has 3 heterocycles. The smallest absolute Gasteiger partial charge is 0.429 e. The SMILES string of the molecule is Nc1nc(O[C@H](c2ccc(-c3cccc(C(=O)O)c3)cc2)C(F)(F)F)cc(N2CCC3(CC2)CNC(C(=O)O)C3)n1. The molecule has 5 rings (SSSR count). The number of hydrogen-bond donors (Lipinski definition) is 4. The number of ether oxygens (including phenoxy) is 1. The van der Waals surface area contributed by atoms with E-state index in [0.29, 0.717) is 55.8 Å². The number of halogens is 3. The Labute approximate surface area is 233 Å². The molecule has 2 saturated heterocycles. The summed E-state index contributed by atoms with van der Waals surface area (Å²) in [5, 5.41) is 21.6. The summed E-state index contributed by atoms with van der Waals surface area (Å²) in [7, 11) is 0. The molecule has 0 aliphatic carbocycles. The van der Waals surface area contributed by atoms with Gasteiger partial charge < -0.3 is 30.9 Å². The minimum absolute atomic E-state index is 0.0634. The average molecular weight is 572 g/mol. The molecule has 41 heavy (non-hydrogen) atoms. The van der Waals surface area contributed by atoms with Crippen LogP contribution in [0.15, 0.2) is 54.6 Å². The third kappa shape index (κ3) is 6.19. The fourth-order valence-corrected chi connectivity index (χ4v) is 5.46. The van der Waals surface area contributed by atoms with E-state index < -0.39 is 30.3 Å². The fraction of sp³-hybridized carbons (Fsp3) is 0.357.